The largest absolute Gasteiger partial charge is 0.394 e. The number of rotatable bonds is 10. The lowest BCUT2D eigenvalue weighted by molar-refractivity contribution is 0.234. The Morgan fingerprint density at radius 3 is 1.24 bits per heavy atom. The van der Waals surface area contributed by atoms with Crippen molar-refractivity contribution in [2.75, 3.05) is 42.8 Å². The van der Waals surface area contributed by atoms with Crippen LogP contribution in [-0.2, 0) is 0 Å². The minimum absolute atomic E-state index is 0.0586. The topological polar surface area (TPSA) is 67.8 Å². The van der Waals surface area contributed by atoms with E-state index in [1.165, 1.54) is 22.4 Å². The van der Waals surface area contributed by atoms with Gasteiger partial charge in [0, 0.05) is 37.1 Å². The summed E-state index contributed by atoms with van der Waals surface area (Å²) >= 11 is 0. The maximum absolute atomic E-state index is 9.58. The molecular formula is C29H39N3O2. The van der Waals surface area contributed by atoms with Crippen LogP contribution in [-0.4, -0.2) is 48.6 Å². The Balaban J connectivity index is 1.96. The van der Waals surface area contributed by atoms with Crippen LogP contribution >= 0.6 is 0 Å². The van der Waals surface area contributed by atoms with Gasteiger partial charge in [0.15, 0.2) is 0 Å². The summed E-state index contributed by atoms with van der Waals surface area (Å²) in [6.45, 7) is 8.02. The summed E-state index contributed by atoms with van der Waals surface area (Å²) in [4.78, 5) is 2.10. The van der Waals surface area contributed by atoms with Gasteiger partial charge in [-0.25, -0.2) is 0 Å². The molecule has 0 aliphatic heterocycles. The quantitative estimate of drug-likeness (QED) is 0.309. The highest BCUT2D eigenvalue weighted by molar-refractivity contribution is 5.55. The van der Waals surface area contributed by atoms with Gasteiger partial charge in [0.2, 0.25) is 0 Å². The second-order valence-corrected chi connectivity index (χ2v) is 10.5. The molecule has 0 saturated carbocycles. The smallest absolute Gasteiger partial charge is 0.0656 e. The molecule has 0 spiro atoms. The van der Waals surface area contributed by atoms with Crippen LogP contribution in [0.15, 0.2) is 72.8 Å². The Bertz CT molecular complexity index is 979. The summed E-state index contributed by atoms with van der Waals surface area (Å²) in [5, 5.41) is 25.9. The summed E-state index contributed by atoms with van der Waals surface area (Å²) in [5.74, 6) is 0.0796. The van der Waals surface area contributed by atoms with E-state index in [9.17, 15) is 10.2 Å². The number of nitrogens with one attached hydrogen (secondary N) is 2. The lowest BCUT2D eigenvalue weighted by Gasteiger charge is -2.26. The van der Waals surface area contributed by atoms with E-state index in [-0.39, 0.29) is 30.2 Å². The second-order valence-electron chi connectivity index (χ2n) is 10.5. The molecule has 0 radical (unpaired) electrons. The monoisotopic (exact) mass is 461 g/mol. The van der Waals surface area contributed by atoms with Gasteiger partial charge in [-0.05, 0) is 80.8 Å². The van der Waals surface area contributed by atoms with E-state index in [2.05, 4.69) is 88.3 Å². The van der Waals surface area contributed by atoms with E-state index < -0.39 is 0 Å². The summed E-state index contributed by atoms with van der Waals surface area (Å²) in [6.07, 6.45) is 0. The van der Waals surface area contributed by atoms with Gasteiger partial charge in [0.05, 0.1) is 24.3 Å². The molecule has 0 aliphatic rings. The molecule has 0 bridgehead atoms. The molecule has 0 atom stereocenters. The van der Waals surface area contributed by atoms with Gasteiger partial charge in [-0.3, -0.25) is 0 Å². The predicted octanol–water partition coefficient (Wildman–Crippen LogP) is 5.30. The second kappa shape index (κ2) is 10.5. The van der Waals surface area contributed by atoms with Crippen LogP contribution in [0.2, 0.25) is 0 Å². The summed E-state index contributed by atoms with van der Waals surface area (Å²) in [6, 6.07) is 25.6. The third-order valence-electron chi connectivity index (χ3n) is 5.99. The lowest BCUT2D eigenvalue weighted by atomic mass is 9.85. The van der Waals surface area contributed by atoms with Crippen molar-refractivity contribution < 1.29 is 10.2 Å². The lowest BCUT2D eigenvalue weighted by Crippen LogP contribution is -2.34. The first-order chi connectivity index (χ1) is 16.0. The van der Waals surface area contributed by atoms with Crippen LogP contribution in [0.3, 0.4) is 0 Å². The maximum Gasteiger partial charge on any atom is 0.0656 e. The highest BCUT2D eigenvalue weighted by Crippen LogP contribution is 2.34. The van der Waals surface area contributed by atoms with Gasteiger partial charge in [-0.1, -0.05) is 36.4 Å². The highest BCUT2D eigenvalue weighted by atomic mass is 16.3. The zero-order valence-electron chi connectivity index (χ0n) is 21.3. The maximum atomic E-state index is 9.58. The molecule has 182 valence electrons. The number of aliphatic hydroxyl groups excluding tert-OH is 2. The summed E-state index contributed by atoms with van der Waals surface area (Å²) in [7, 11) is 4.09. The van der Waals surface area contributed by atoms with Crippen LogP contribution in [0.25, 0.3) is 0 Å². The van der Waals surface area contributed by atoms with Crippen molar-refractivity contribution in [3.8, 4) is 0 Å². The molecule has 0 heterocycles. The van der Waals surface area contributed by atoms with Crippen molar-refractivity contribution in [1.82, 2.24) is 0 Å². The number of nitrogens with zero attached hydrogens (tertiary/aromatic N) is 1. The molecule has 0 unspecified atom stereocenters. The van der Waals surface area contributed by atoms with Crippen LogP contribution in [0.4, 0.5) is 17.1 Å². The fourth-order valence-corrected chi connectivity index (χ4v) is 3.92. The third kappa shape index (κ3) is 6.52. The van der Waals surface area contributed by atoms with Crippen LogP contribution in [0, 0.1) is 0 Å². The predicted molar refractivity (Wildman–Crippen MR) is 144 cm³/mol. The standard InChI is InChI=1S/C29H39N3O2/c1-28(2,19-33)30-24-13-7-21(8-14-24)27(23-11-17-26(18-12-23)32(5)6)22-9-15-25(16-10-22)31-29(3,4)20-34/h7-18,27,30-31,33-34H,19-20H2,1-6H3. The molecule has 34 heavy (non-hydrogen) atoms. The number of hydrogen-bond donors (Lipinski definition) is 4. The molecule has 3 aromatic rings. The first-order valence-electron chi connectivity index (χ1n) is 11.8. The fraction of sp³-hybridized carbons (Fsp3) is 0.379. The van der Waals surface area contributed by atoms with Gasteiger partial charge in [0.1, 0.15) is 0 Å². The Labute approximate surface area is 204 Å². The molecule has 5 nitrogen and oxygen atoms in total. The van der Waals surface area contributed by atoms with Gasteiger partial charge in [-0.15, -0.1) is 0 Å². The van der Waals surface area contributed by atoms with Crippen LogP contribution in [0.1, 0.15) is 50.3 Å². The first kappa shape index (κ1) is 25.6. The Morgan fingerprint density at radius 1 is 0.618 bits per heavy atom. The van der Waals surface area contributed by atoms with Gasteiger partial charge in [0.25, 0.3) is 0 Å². The van der Waals surface area contributed by atoms with Crippen molar-refractivity contribution in [2.24, 2.45) is 0 Å². The molecular weight excluding hydrogens is 422 g/mol. The molecule has 0 saturated heterocycles. The summed E-state index contributed by atoms with van der Waals surface area (Å²) in [5.41, 5.74) is 5.98. The molecule has 5 heteroatoms. The van der Waals surface area contributed by atoms with E-state index in [4.69, 9.17) is 0 Å². The Hall–Kier alpha value is -3.02. The van der Waals surface area contributed by atoms with E-state index in [0.717, 1.165) is 11.4 Å². The Kier molecular flexibility index (Phi) is 7.90. The molecule has 3 rings (SSSR count). The minimum Gasteiger partial charge on any atom is -0.394 e. The number of aliphatic hydroxyl groups is 2. The number of benzene rings is 3. The number of hydrogen-bond acceptors (Lipinski definition) is 5. The molecule has 0 amide bonds. The van der Waals surface area contributed by atoms with E-state index in [1.807, 2.05) is 41.8 Å². The third-order valence-corrected chi connectivity index (χ3v) is 5.99. The molecule has 4 N–H and O–H groups in total. The van der Waals surface area contributed by atoms with Gasteiger partial charge < -0.3 is 25.7 Å². The molecule has 0 aromatic heterocycles. The van der Waals surface area contributed by atoms with Crippen LogP contribution < -0.4 is 15.5 Å². The zero-order valence-corrected chi connectivity index (χ0v) is 21.3. The van der Waals surface area contributed by atoms with Crippen molar-refractivity contribution in [3.63, 3.8) is 0 Å². The van der Waals surface area contributed by atoms with Gasteiger partial charge in [-0.2, -0.15) is 0 Å². The minimum atomic E-state index is -0.381. The Morgan fingerprint density at radius 2 is 0.941 bits per heavy atom. The van der Waals surface area contributed by atoms with Crippen molar-refractivity contribution in [3.05, 3.63) is 89.5 Å². The van der Waals surface area contributed by atoms with Crippen molar-refractivity contribution >= 4 is 17.1 Å². The highest BCUT2D eigenvalue weighted by Gasteiger charge is 2.20. The molecule has 3 aromatic carbocycles. The summed E-state index contributed by atoms with van der Waals surface area (Å²) < 4.78 is 0. The van der Waals surface area contributed by atoms with E-state index in [1.54, 1.807) is 0 Å². The van der Waals surface area contributed by atoms with Gasteiger partial charge >= 0.3 is 0 Å². The van der Waals surface area contributed by atoms with Crippen molar-refractivity contribution in [2.45, 2.75) is 44.7 Å². The fourth-order valence-electron chi connectivity index (χ4n) is 3.92. The average molecular weight is 462 g/mol. The van der Waals surface area contributed by atoms with E-state index in [0.29, 0.717) is 0 Å². The normalized spacial score (nSPS) is 12.0. The van der Waals surface area contributed by atoms with Crippen LogP contribution in [0.5, 0.6) is 0 Å². The average Bonchev–Trinajstić information content (AvgIpc) is 2.81. The first-order valence-corrected chi connectivity index (χ1v) is 11.8. The molecule has 0 fully saturated rings. The van der Waals surface area contributed by atoms with Crippen molar-refractivity contribution in [1.29, 1.82) is 0 Å². The number of anilines is 3. The molecule has 0 aliphatic carbocycles. The SMILES string of the molecule is CN(C)c1ccc(C(c2ccc(NC(C)(C)CO)cc2)c2ccc(NC(C)(C)CO)cc2)cc1. The van der Waals surface area contributed by atoms with E-state index >= 15 is 0 Å². The zero-order chi connectivity index (χ0) is 24.9.